The Hall–Kier alpha value is -1.12. The topological polar surface area (TPSA) is 29.3 Å². The molecule has 2 nitrogen and oxygen atoms in total. The van der Waals surface area contributed by atoms with Gasteiger partial charge in [0.05, 0.1) is 0 Å². The second-order valence-corrected chi connectivity index (χ2v) is 5.27. The smallest absolute Gasteiger partial charge is 0.0295 e. The van der Waals surface area contributed by atoms with Crippen LogP contribution < -0.4 is 5.73 Å². The largest absolute Gasteiger partial charge is 0.324 e. The number of nitrogens with two attached hydrogens (primary N) is 1. The predicted octanol–water partition coefficient (Wildman–Crippen LogP) is 3.12. The lowest BCUT2D eigenvalue weighted by atomic mass is 10.0. The molecule has 1 atom stereocenters. The monoisotopic (exact) mass is 244 g/mol. The van der Waals surface area contributed by atoms with Crippen molar-refractivity contribution in [3.8, 4) is 0 Å². The van der Waals surface area contributed by atoms with Crippen LogP contribution in [0.1, 0.15) is 37.8 Å². The van der Waals surface area contributed by atoms with Gasteiger partial charge in [-0.3, -0.25) is 4.90 Å². The molecule has 0 spiro atoms. The first-order valence-electron chi connectivity index (χ1n) is 6.94. The summed E-state index contributed by atoms with van der Waals surface area (Å²) in [5, 5.41) is 0. The highest BCUT2D eigenvalue weighted by atomic mass is 15.1. The first kappa shape index (κ1) is 13.3. The first-order chi connectivity index (χ1) is 8.75. The molecule has 0 aromatic heterocycles. The molecule has 1 heterocycles. The quantitative estimate of drug-likeness (QED) is 0.806. The van der Waals surface area contributed by atoms with Gasteiger partial charge in [-0.1, -0.05) is 42.0 Å². The van der Waals surface area contributed by atoms with Gasteiger partial charge in [0, 0.05) is 19.1 Å². The average Bonchev–Trinajstić information content (AvgIpc) is 2.40. The maximum Gasteiger partial charge on any atom is 0.0295 e. The van der Waals surface area contributed by atoms with E-state index >= 15 is 0 Å². The Morgan fingerprint density at radius 2 is 2.06 bits per heavy atom. The summed E-state index contributed by atoms with van der Waals surface area (Å²) in [4.78, 5) is 2.53. The molecule has 1 aromatic carbocycles. The van der Waals surface area contributed by atoms with Crippen molar-refractivity contribution in [3.63, 3.8) is 0 Å². The molecule has 1 aliphatic heterocycles. The van der Waals surface area contributed by atoms with Gasteiger partial charge < -0.3 is 5.73 Å². The van der Waals surface area contributed by atoms with Crippen LogP contribution in [-0.4, -0.2) is 24.5 Å². The molecule has 1 aromatic rings. The van der Waals surface area contributed by atoms with Crippen molar-refractivity contribution in [2.45, 2.75) is 32.2 Å². The van der Waals surface area contributed by atoms with Crippen molar-refractivity contribution in [1.82, 2.24) is 4.90 Å². The zero-order valence-corrected chi connectivity index (χ0v) is 11.3. The Kier molecular flexibility index (Phi) is 4.97. The average molecular weight is 244 g/mol. The number of benzene rings is 1. The van der Waals surface area contributed by atoms with Crippen molar-refractivity contribution >= 4 is 0 Å². The fourth-order valence-electron chi connectivity index (χ4n) is 2.58. The third-order valence-electron chi connectivity index (χ3n) is 3.63. The molecule has 98 valence electrons. The lowest BCUT2D eigenvalue weighted by Crippen LogP contribution is -2.30. The highest BCUT2D eigenvalue weighted by Crippen LogP contribution is 2.16. The van der Waals surface area contributed by atoms with Crippen LogP contribution in [0.3, 0.4) is 0 Å². The summed E-state index contributed by atoms with van der Waals surface area (Å²) >= 11 is 0. The minimum atomic E-state index is 0.188. The van der Waals surface area contributed by atoms with E-state index in [-0.39, 0.29) is 6.04 Å². The molecule has 0 amide bonds. The Bertz CT molecular complexity index is 383. The summed E-state index contributed by atoms with van der Waals surface area (Å²) in [6.45, 7) is 5.74. The van der Waals surface area contributed by atoms with E-state index in [0.29, 0.717) is 0 Å². The third-order valence-corrected chi connectivity index (χ3v) is 3.63. The van der Waals surface area contributed by atoms with Crippen LogP contribution in [0.15, 0.2) is 42.0 Å². The molecule has 2 rings (SSSR count). The van der Waals surface area contributed by atoms with E-state index in [9.17, 15) is 0 Å². The molecule has 0 saturated heterocycles. The molecule has 0 bridgehead atoms. The second-order valence-electron chi connectivity index (χ2n) is 5.27. The highest BCUT2D eigenvalue weighted by Gasteiger charge is 2.10. The van der Waals surface area contributed by atoms with E-state index in [1.807, 2.05) is 6.07 Å². The van der Waals surface area contributed by atoms with E-state index in [1.54, 1.807) is 0 Å². The van der Waals surface area contributed by atoms with E-state index in [4.69, 9.17) is 5.73 Å². The summed E-state index contributed by atoms with van der Waals surface area (Å²) in [6.07, 6.45) is 5.81. The minimum absolute atomic E-state index is 0.188. The number of rotatable bonds is 5. The van der Waals surface area contributed by atoms with Crippen molar-refractivity contribution in [3.05, 3.63) is 47.5 Å². The Labute approximate surface area is 110 Å². The lowest BCUT2D eigenvalue weighted by molar-refractivity contribution is 0.281. The van der Waals surface area contributed by atoms with Gasteiger partial charge in [-0.05, 0) is 38.3 Å². The second kappa shape index (κ2) is 6.72. The SMILES string of the molecule is CC1=CCCN(CCCC(N)c2ccccc2)C1. The van der Waals surface area contributed by atoms with Gasteiger partial charge in [-0.15, -0.1) is 0 Å². The van der Waals surface area contributed by atoms with Gasteiger partial charge >= 0.3 is 0 Å². The van der Waals surface area contributed by atoms with Gasteiger partial charge in [0.25, 0.3) is 0 Å². The molecule has 0 aliphatic carbocycles. The lowest BCUT2D eigenvalue weighted by Gasteiger charge is -2.26. The molecule has 2 heteroatoms. The fourth-order valence-corrected chi connectivity index (χ4v) is 2.58. The van der Waals surface area contributed by atoms with Crippen LogP contribution >= 0.6 is 0 Å². The summed E-state index contributed by atoms with van der Waals surface area (Å²) in [5.41, 5.74) is 8.97. The Balaban J connectivity index is 1.71. The van der Waals surface area contributed by atoms with Gasteiger partial charge in [0.1, 0.15) is 0 Å². The van der Waals surface area contributed by atoms with Crippen LogP contribution in [0.5, 0.6) is 0 Å². The minimum Gasteiger partial charge on any atom is -0.324 e. The van der Waals surface area contributed by atoms with Gasteiger partial charge in [-0.2, -0.15) is 0 Å². The zero-order chi connectivity index (χ0) is 12.8. The number of hydrogen-bond donors (Lipinski definition) is 1. The Morgan fingerprint density at radius 1 is 1.28 bits per heavy atom. The van der Waals surface area contributed by atoms with Crippen molar-refractivity contribution < 1.29 is 0 Å². The summed E-state index contributed by atoms with van der Waals surface area (Å²) < 4.78 is 0. The van der Waals surface area contributed by atoms with E-state index < -0.39 is 0 Å². The van der Waals surface area contributed by atoms with Crippen LogP contribution in [-0.2, 0) is 0 Å². The van der Waals surface area contributed by atoms with E-state index in [1.165, 1.54) is 37.1 Å². The fraction of sp³-hybridized carbons (Fsp3) is 0.500. The standard InChI is InChI=1S/C16H24N2/c1-14-7-5-11-18(13-14)12-6-10-16(17)15-8-3-2-4-9-15/h2-4,7-9,16H,5-6,10-13,17H2,1H3. The van der Waals surface area contributed by atoms with Crippen molar-refractivity contribution in [2.24, 2.45) is 5.73 Å². The van der Waals surface area contributed by atoms with Crippen LogP contribution in [0, 0.1) is 0 Å². The summed E-state index contributed by atoms with van der Waals surface area (Å²) in [5.74, 6) is 0. The molecule has 1 aliphatic rings. The number of nitrogens with zero attached hydrogens (tertiary/aromatic N) is 1. The van der Waals surface area contributed by atoms with E-state index in [2.05, 4.69) is 42.2 Å². The highest BCUT2D eigenvalue weighted by molar-refractivity contribution is 5.18. The van der Waals surface area contributed by atoms with E-state index in [0.717, 1.165) is 13.0 Å². The predicted molar refractivity (Wildman–Crippen MR) is 77.4 cm³/mol. The summed E-state index contributed by atoms with van der Waals surface area (Å²) in [6, 6.07) is 10.6. The molecule has 0 fully saturated rings. The maximum absolute atomic E-state index is 6.21. The molecule has 1 unspecified atom stereocenters. The maximum atomic E-state index is 6.21. The van der Waals surface area contributed by atoms with Crippen LogP contribution in [0.2, 0.25) is 0 Å². The zero-order valence-electron chi connectivity index (χ0n) is 11.3. The van der Waals surface area contributed by atoms with Crippen molar-refractivity contribution in [2.75, 3.05) is 19.6 Å². The van der Waals surface area contributed by atoms with Gasteiger partial charge in [0.2, 0.25) is 0 Å². The Morgan fingerprint density at radius 3 is 2.78 bits per heavy atom. The number of hydrogen-bond acceptors (Lipinski definition) is 2. The van der Waals surface area contributed by atoms with Gasteiger partial charge in [-0.25, -0.2) is 0 Å². The van der Waals surface area contributed by atoms with Crippen LogP contribution in [0.4, 0.5) is 0 Å². The van der Waals surface area contributed by atoms with Gasteiger partial charge in [0.15, 0.2) is 0 Å². The molecule has 2 N–H and O–H groups in total. The molecule has 0 radical (unpaired) electrons. The molecule has 0 saturated carbocycles. The molecular formula is C16H24N2. The van der Waals surface area contributed by atoms with Crippen molar-refractivity contribution in [1.29, 1.82) is 0 Å². The molecular weight excluding hydrogens is 220 g/mol. The normalized spacial score (nSPS) is 18.4. The molecule has 18 heavy (non-hydrogen) atoms. The summed E-state index contributed by atoms with van der Waals surface area (Å²) in [7, 11) is 0. The van der Waals surface area contributed by atoms with Crippen LogP contribution in [0.25, 0.3) is 0 Å². The third kappa shape index (κ3) is 3.97. The first-order valence-corrected chi connectivity index (χ1v) is 6.94.